The number of thiazole rings is 1. The molecule has 0 fully saturated rings. The van der Waals surface area contributed by atoms with Gasteiger partial charge in [0.15, 0.2) is 15.0 Å². The molecule has 0 atom stereocenters. The van der Waals surface area contributed by atoms with Gasteiger partial charge in [-0.15, -0.1) is 0 Å². The fraction of sp³-hybridized carbons (Fsp3) is 0.333. The highest BCUT2D eigenvalue weighted by molar-refractivity contribution is 7.90. The molecule has 0 saturated carbocycles. The van der Waals surface area contributed by atoms with Crippen molar-refractivity contribution in [3.63, 3.8) is 0 Å². The highest BCUT2D eigenvalue weighted by atomic mass is 35.5. The number of hydrogen-bond acceptors (Lipinski definition) is 5. The van der Waals surface area contributed by atoms with Crippen molar-refractivity contribution in [3.05, 3.63) is 28.9 Å². The van der Waals surface area contributed by atoms with Gasteiger partial charge in [-0.3, -0.25) is 5.32 Å². The molecule has 2 N–H and O–H groups in total. The van der Waals surface area contributed by atoms with Crippen molar-refractivity contribution in [2.75, 3.05) is 18.1 Å². The minimum absolute atomic E-state index is 0.0335. The molecule has 0 radical (unpaired) electrons. The molecule has 2 amide bonds. The summed E-state index contributed by atoms with van der Waals surface area (Å²) in [5.74, 6) is 0. The number of urea groups is 1. The van der Waals surface area contributed by atoms with Crippen LogP contribution in [0.5, 0.6) is 0 Å². The van der Waals surface area contributed by atoms with Gasteiger partial charge in [-0.05, 0) is 24.6 Å². The number of alkyl halides is 3. The molecule has 1 aromatic heterocycles. The van der Waals surface area contributed by atoms with Crippen LogP contribution in [0, 0.1) is 6.92 Å². The molecule has 1 aromatic carbocycles. The second-order valence-electron chi connectivity index (χ2n) is 5.60. The lowest BCUT2D eigenvalue weighted by atomic mass is 10.2. The monoisotopic (exact) mass is 441 g/mol. The van der Waals surface area contributed by atoms with Crippen molar-refractivity contribution in [3.8, 4) is 10.4 Å². The van der Waals surface area contributed by atoms with E-state index in [9.17, 15) is 26.4 Å². The van der Waals surface area contributed by atoms with E-state index in [1.54, 1.807) is 13.0 Å². The van der Waals surface area contributed by atoms with Crippen molar-refractivity contribution in [2.24, 2.45) is 0 Å². The molecule has 12 heteroatoms. The standard InChI is InChI=1S/C15H15ClF3N3O3S2/c1-8-12(9-3-4-10(16)11(7-9)27(2,24)25)26-14(21-8)22-13(23)20-6-5-15(17,18)19/h3-4,7H,5-6H2,1-2H3,(H2,20,21,22,23). The Morgan fingerprint density at radius 2 is 2.00 bits per heavy atom. The van der Waals surface area contributed by atoms with Gasteiger partial charge in [0.1, 0.15) is 0 Å². The van der Waals surface area contributed by atoms with Gasteiger partial charge in [0.05, 0.1) is 26.9 Å². The molecule has 0 bridgehead atoms. The molecule has 0 aliphatic rings. The van der Waals surface area contributed by atoms with E-state index < -0.39 is 35.0 Å². The van der Waals surface area contributed by atoms with Crippen molar-refractivity contribution in [1.82, 2.24) is 10.3 Å². The molecule has 0 spiro atoms. The lowest BCUT2D eigenvalue weighted by molar-refractivity contribution is -0.132. The van der Waals surface area contributed by atoms with Gasteiger partial charge in [0.2, 0.25) is 0 Å². The summed E-state index contributed by atoms with van der Waals surface area (Å²) in [7, 11) is -3.53. The third-order valence-corrected chi connectivity index (χ3v) is 6.00. The zero-order chi connectivity index (χ0) is 20.4. The lowest BCUT2D eigenvalue weighted by Gasteiger charge is -2.07. The number of aryl methyl sites for hydroxylation is 1. The predicted molar refractivity (Wildman–Crippen MR) is 98.1 cm³/mol. The molecule has 0 unspecified atom stereocenters. The minimum atomic E-state index is -4.36. The fourth-order valence-corrected chi connectivity index (χ4v) is 4.36. The van der Waals surface area contributed by atoms with E-state index in [1.165, 1.54) is 12.1 Å². The summed E-state index contributed by atoms with van der Waals surface area (Å²) in [6.07, 6.45) is -4.46. The first-order valence-electron chi connectivity index (χ1n) is 7.46. The maximum Gasteiger partial charge on any atom is 0.390 e. The molecule has 6 nitrogen and oxygen atoms in total. The minimum Gasteiger partial charge on any atom is -0.337 e. The Labute approximate surface area is 162 Å². The number of nitrogens with one attached hydrogen (secondary N) is 2. The van der Waals surface area contributed by atoms with Crippen molar-refractivity contribution in [2.45, 2.75) is 24.4 Å². The number of amides is 2. The van der Waals surface area contributed by atoms with Gasteiger partial charge < -0.3 is 5.32 Å². The van der Waals surface area contributed by atoms with E-state index in [1.807, 2.05) is 0 Å². The van der Waals surface area contributed by atoms with Crippen molar-refractivity contribution >= 4 is 43.9 Å². The van der Waals surface area contributed by atoms with Gasteiger partial charge in [0, 0.05) is 12.8 Å². The van der Waals surface area contributed by atoms with Crippen LogP contribution >= 0.6 is 22.9 Å². The zero-order valence-electron chi connectivity index (χ0n) is 14.1. The van der Waals surface area contributed by atoms with Crippen LogP contribution in [-0.2, 0) is 9.84 Å². The predicted octanol–water partition coefficient (Wildman–Crippen LogP) is 4.25. The third-order valence-electron chi connectivity index (χ3n) is 3.30. The summed E-state index contributed by atoms with van der Waals surface area (Å²) >= 11 is 6.99. The second-order valence-corrected chi connectivity index (χ2v) is 8.99. The number of rotatable bonds is 5. The first-order valence-corrected chi connectivity index (χ1v) is 10.5. The number of nitrogens with zero attached hydrogens (tertiary/aromatic N) is 1. The molecule has 0 aliphatic carbocycles. The fourth-order valence-electron chi connectivity index (χ4n) is 2.11. The van der Waals surface area contributed by atoms with E-state index in [0.717, 1.165) is 17.6 Å². The molecule has 2 aromatic rings. The number of anilines is 1. The Bertz CT molecular complexity index is 959. The van der Waals surface area contributed by atoms with Gasteiger partial charge in [-0.2, -0.15) is 13.2 Å². The Balaban J connectivity index is 2.16. The van der Waals surface area contributed by atoms with E-state index in [2.05, 4.69) is 15.6 Å². The molecule has 2 rings (SSSR count). The maximum absolute atomic E-state index is 12.1. The van der Waals surface area contributed by atoms with E-state index in [0.29, 0.717) is 16.1 Å². The highest BCUT2D eigenvalue weighted by Crippen LogP contribution is 2.35. The molecule has 27 heavy (non-hydrogen) atoms. The summed E-state index contributed by atoms with van der Waals surface area (Å²) in [5, 5.41) is 4.71. The Morgan fingerprint density at radius 1 is 1.33 bits per heavy atom. The van der Waals surface area contributed by atoms with Crippen LogP contribution in [0.1, 0.15) is 12.1 Å². The summed E-state index contributed by atoms with van der Waals surface area (Å²) in [5.41, 5.74) is 1.06. The van der Waals surface area contributed by atoms with Crippen LogP contribution < -0.4 is 10.6 Å². The molecule has 1 heterocycles. The lowest BCUT2D eigenvalue weighted by Crippen LogP contribution is -2.31. The Kier molecular flexibility index (Phi) is 6.38. The summed E-state index contributed by atoms with van der Waals surface area (Å²) in [4.78, 5) is 16.4. The van der Waals surface area contributed by atoms with Crippen LogP contribution in [0.3, 0.4) is 0 Å². The highest BCUT2D eigenvalue weighted by Gasteiger charge is 2.26. The summed E-state index contributed by atoms with van der Waals surface area (Å²) in [6, 6.07) is 3.66. The second kappa shape index (κ2) is 8.03. The third kappa shape index (κ3) is 6.08. The molecule has 0 saturated heterocycles. The van der Waals surface area contributed by atoms with Gasteiger partial charge in [-0.25, -0.2) is 18.2 Å². The number of halogens is 4. The van der Waals surface area contributed by atoms with Crippen molar-refractivity contribution < 1.29 is 26.4 Å². The Morgan fingerprint density at radius 3 is 2.59 bits per heavy atom. The number of aromatic nitrogens is 1. The maximum atomic E-state index is 12.1. The summed E-state index contributed by atoms with van der Waals surface area (Å²) < 4.78 is 59.9. The average Bonchev–Trinajstić information content (AvgIpc) is 2.85. The van der Waals surface area contributed by atoms with Crippen molar-refractivity contribution in [1.29, 1.82) is 0 Å². The SMILES string of the molecule is Cc1nc(NC(=O)NCCC(F)(F)F)sc1-c1ccc(Cl)c(S(C)(=O)=O)c1. The summed E-state index contributed by atoms with van der Waals surface area (Å²) in [6.45, 7) is 1.11. The number of sulfone groups is 1. The van der Waals surface area contributed by atoms with Crippen LogP contribution in [0.4, 0.5) is 23.1 Å². The molecule has 148 valence electrons. The average molecular weight is 442 g/mol. The molecule has 0 aliphatic heterocycles. The first-order chi connectivity index (χ1) is 12.4. The number of carbonyl (C=O) groups is 1. The van der Waals surface area contributed by atoms with E-state index >= 15 is 0 Å². The van der Waals surface area contributed by atoms with Gasteiger partial charge in [-0.1, -0.05) is 29.0 Å². The number of carbonyl (C=O) groups excluding carboxylic acids is 1. The molecular formula is C15H15ClF3N3O3S2. The Hall–Kier alpha value is -1.85. The van der Waals surface area contributed by atoms with Gasteiger partial charge >= 0.3 is 12.2 Å². The normalized spacial score (nSPS) is 12.1. The van der Waals surface area contributed by atoms with Crippen LogP contribution in [-0.4, -0.2) is 38.4 Å². The number of hydrogen-bond donors (Lipinski definition) is 2. The quantitative estimate of drug-likeness (QED) is 0.726. The van der Waals surface area contributed by atoms with E-state index in [-0.39, 0.29) is 15.0 Å². The largest absolute Gasteiger partial charge is 0.390 e. The smallest absolute Gasteiger partial charge is 0.337 e. The topological polar surface area (TPSA) is 88.2 Å². The first kappa shape index (κ1) is 21.5. The number of benzene rings is 1. The van der Waals surface area contributed by atoms with Crippen LogP contribution in [0.15, 0.2) is 23.1 Å². The zero-order valence-corrected chi connectivity index (χ0v) is 16.5. The van der Waals surface area contributed by atoms with Crippen LogP contribution in [0.2, 0.25) is 5.02 Å². The van der Waals surface area contributed by atoms with E-state index in [4.69, 9.17) is 11.6 Å². The van der Waals surface area contributed by atoms with Gasteiger partial charge in [0.25, 0.3) is 0 Å². The van der Waals surface area contributed by atoms with Crippen LogP contribution in [0.25, 0.3) is 10.4 Å². The molecular weight excluding hydrogens is 427 g/mol.